The van der Waals surface area contributed by atoms with E-state index in [2.05, 4.69) is 51.3 Å². The number of ether oxygens (including phenoxy) is 1. The minimum Gasteiger partial charge on any atom is -0.383 e. The fourth-order valence-electron chi connectivity index (χ4n) is 2.66. The van der Waals surface area contributed by atoms with Crippen LogP contribution >= 0.6 is 15.9 Å². The first-order valence-electron chi connectivity index (χ1n) is 6.97. The maximum atomic E-state index is 5.07. The Hall–Kier alpha value is -0.580. The van der Waals surface area contributed by atoms with Gasteiger partial charge in [-0.3, -0.25) is 0 Å². The first kappa shape index (κ1) is 14.8. The number of hydrogen-bond donors (Lipinski definition) is 1. The maximum absolute atomic E-state index is 5.07. The van der Waals surface area contributed by atoms with E-state index in [9.17, 15) is 0 Å². The molecule has 1 atom stereocenters. The van der Waals surface area contributed by atoms with Crippen molar-refractivity contribution >= 4 is 21.6 Å². The van der Waals surface area contributed by atoms with Crippen LogP contribution in [0.3, 0.4) is 0 Å². The summed E-state index contributed by atoms with van der Waals surface area (Å²) >= 11 is 3.57. The summed E-state index contributed by atoms with van der Waals surface area (Å²) in [6.07, 6.45) is 2.60. The molecule has 1 saturated heterocycles. The predicted octanol–water partition coefficient (Wildman–Crippen LogP) is 3.17. The molecule has 1 N–H and O–H groups in total. The molecule has 1 unspecified atom stereocenters. The van der Waals surface area contributed by atoms with Crippen LogP contribution in [0.1, 0.15) is 25.3 Å². The van der Waals surface area contributed by atoms with Crippen molar-refractivity contribution < 1.29 is 4.74 Å². The molecule has 1 fully saturated rings. The van der Waals surface area contributed by atoms with E-state index in [0.717, 1.165) is 24.2 Å². The van der Waals surface area contributed by atoms with E-state index in [4.69, 9.17) is 4.74 Å². The lowest BCUT2D eigenvalue weighted by Crippen LogP contribution is -2.28. The van der Waals surface area contributed by atoms with Gasteiger partial charge in [-0.1, -0.05) is 15.9 Å². The highest BCUT2D eigenvalue weighted by molar-refractivity contribution is 9.10. The third kappa shape index (κ3) is 3.94. The first-order valence-corrected chi connectivity index (χ1v) is 7.76. The molecule has 0 aromatic heterocycles. The van der Waals surface area contributed by atoms with Gasteiger partial charge in [0.2, 0.25) is 0 Å². The number of hydrogen-bond acceptors (Lipinski definition) is 3. The molecule has 1 aliphatic rings. The van der Waals surface area contributed by atoms with Crippen LogP contribution in [0.15, 0.2) is 22.7 Å². The average Bonchev–Trinajstić information content (AvgIpc) is 2.81. The van der Waals surface area contributed by atoms with Gasteiger partial charge in [0, 0.05) is 42.9 Å². The second kappa shape index (κ2) is 7.27. The lowest BCUT2D eigenvalue weighted by Gasteiger charge is -2.27. The highest BCUT2D eigenvalue weighted by Gasteiger charge is 2.22. The Morgan fingerprint density at radius 2 is 2.32 bits per heavy atom. The Morgan fingerprint density at radius 3 is 3.00 bits per heavy atom. The molecule has 1 aromatic rings. The van der Waals surface area contributed by atoms with Crippen molar-refractivity contribution in [2.45, 2.75) is 32.4 Å². The van der Waals surface area contributed by atoms with Crippen molar-refractivity contribution in [3.05, 3.63) is 28.2 Å². The van der Waals surface area contributed by atoms with Gasteiger partial charge in [0.15, 0.2) is 0 Å². The Balaban J connectivity index is 2.08. The van der Waals surface area contributed by atoms with Crippen molar-refractivity contribution in [2.24, 2.45) is 0 Å². The zero-order valence-corrected chi connectivity index (χ0v) is 13.4. The summed E-state index contributed by atoms with van der Waals surface area (Å²) in [5.74, 6) is 0. The Morgan fingerprint density at radius 1 is 1.47 bits per heavy atom. The van der Waals surface area contributed by atoms with Gasteiger partial charge in [0.05, 0.1) is 6.61 Å². The van der Waals surface area contributed by atoms with Gasteiger partial charge in [0.25, 0.3) is 0 Å². The highest BCUT2D eigenvalue weighted by Crippen LogP contribution is 2.30. The van der Waals surface area contributed by atoms with Gasteiger partial charge in [-0.2, -0.15) is 0 Å². The average molecular weight is 327 g/mol. The van der Waals surface area contributed by atoms with Crippen LogP contribution in [0, 0.1) is 0 Å². The smallest absolute Gasteiger partial charge is 0.0587 e. The number of benzene rings is 1. The normalized spacial score (nSPS) is 19.1. The number of rotatable bonds is 6. The lowest BCUT2D eigenvalue weighted by atomic mass is 10.1. The molecule has 0 spiro atoms. The van der Waals surface area contributed by atoms with Gasteiger partial charge >= 0.3 is 0 Å². The third-order valence-corrected chi connectivity index (χ3v) is 4.20. The quantitative estimate of drug-likeness (QED) is 0.812. The fourth-order valence-corrected chi connectivity index (χ4v) is 3.07. The molecule has 3 nitrogen and oxygen atoms in total. The van der Waals surface area contributed by atoms with E-state index >= 15 is 0 Å². The number of methoxy groups -OCH3 is 1. The molecule has 4 heteroatoms. The van der Waals surface area contributed by atoms with Crippen LogP contribution in [-0.2, 0) is 11.3 Å². The predicted molar refractivity (Wildman–Crippen MR) is 83.8 cm³/mol. The zero-order chi connectivity index (χ0) is 13.7. The van der Waals surface area contributed by atoms with Crippen molar-refractivity contribution in [2.75, 3.05) is 31.7 Å². The van der Waals surface area contributed by atoms with Crippen LogP contribution in [0.25, 0.3) is 0 Å². The number of anilines is 1. The standard InChI is InChI=1S/C15H23BrN2O/c1-12-4-3-8-18(12)15-6-5-14(16)10-13(15)11-17-7-9-19-2/h5-6,10,12,17H,3-4,7-9,11H2,1-2H3. The van der Waals surface area contributed by atoms with Crippen molar-refractivity contribution in [1.82, 2.24) is 5.32 Å². The molecular formula is C15H23BrN2O. The second-order valence-corrected chi connectivity index (χ2v) is 6.04. The molecule has 0 bridgehead atoms. The molecular weight excluding hydrogens is 304 g/mol. The van der Waals surface area contributed by atoms with Crippen LogP contribution in [-0.4, -0.2) is 32.8 Å². The van der Waals surface area contributed by atoms with E-state index in [0.29, 0.717) is 6.04 Å². The summed E-state index contributed by atoms with van der Waals surface area (Å²) in [6.45, 7) is 6.02. The zero-order valence-electron chi connectivity index (χ0n) is 11.8. The minimum atomic E-state index is 0.652. The topological polar surface area (TPSA) is 24.5 Å². The Labute approximate surface area is 124 Å². The van der Waals surface area contributed by atoms with Crippen LogP contribution in [0.4, 0.5) is 5.69 Å². The Bertz CT molecular complexity index is 411. The van der Waals surface area contributed by atoms with Gasteiger partial charge in [-0.05, 0) is 43.5 Å². The third-order valence-electron chi connectivity index (χ3n) is 3.70. The molecule has 0 aliphatic carbocycles. The van der Waals surface area contributed by atoms with Crippen molar-refractivity contribution in [1.29, 1.82) is 0 Å². The molecule has 0 radical (unpaired) electrons. The second-order valence-electron chi connectivity index (χ2n) is 5.13. The summed E-state index contributed by atoms with van der Waals surface area (Å²) in [7, 11) is 1.73. The van der Waals surface area contributed by atoms with Crippen molar-refractivity contribution in [3.8, 4) is 0 Å². The molecule has 0 amide bonds. The van der Waals surface area contributed by atoms with Gasteiger partial charge < -0.3 is 15.0 Å². The van der Waals surface area contributed by atoms with Gasteiger partial charge in [-0.15, -0.1) is 0 Å². The van der Waals surface area contributed by atoms with E-state index in [1.54, 1.807) is 7.11 Å². The van der Waals surface area contributed by atoms with E-state index in [-0.39, 0.29) is 0 Å². The van der Waals surface area contributed by atoms with Crippen LogP contribution < -0.4 is 10.2 Å². The molecule has 0 saturated carbocycles. The lowest BCUT2D eigenvalue weighted by molar-refractivity contribution is 0.199. The first-order chi connectivity index (χ1) is 9.22. The van der Waals surface area contributed by atoms with Gasteiger partial charge in [-0.25, -0.2) is 0 Å². The molecule has 19 heavy (non-hydrogen) atoms. The molecule has 1 aromatic carbocycles. The summed E-state index contributed by atoms with van der Waals surface area (Å²) in [5.41, 5.74) is 2.73. The van der Waals surface area contributed by atoms with Crippen molar-refractivity contribution in [3.63, 3.8) is 0 Å². The summed E-state index contributed by atoms with van der Waals surface area (Å²) < 4.78 is 6.21. The van der Waals surface area contributed by atoms with Crippen LogP contribution in [0.2, 0.25) is 0 Å². The highest BCUT2D eigenvalue weighted by atomic mass is 79.9. The molecule has 106 valence electrons. The molecule has 1 aliphatic heterocycles. The fraction of sp³-hybridized carbons (Fsp3) is 0.600. The number of nitrogens with one attached hydrogen (secondary N) is 1. The van der Waals surface area contributed by atoms with E-state index in [1.165, 1.54) is 30.6 Å². The maximum Gasteiger partial charge on any atom is 0.0587 e. The largest absolute Gasteiger partial charge is 0.383 e. The summed E-state index contributed by atoms with van der Waals surface area (Å²) in [5, 5.41) is 3.44. The van der Waals surface area contributed by atoms with E-state index in [1.807, 2.05) is 0 Å². The monoisotopic (exact) mass is 326 g/mol. The molecule has 1 heterocycles. The SMILES string of the molecule is COCCNCc1cc(Br)ccc1N1CCCC1C. The number of halogens is 1. The molecule has 2 rings (SSSR count). The number of nitrogens with zero attached hydrogens (tertiary/aromatic N) is 1. The summed E-state index contributed by atoms with van der Waals surface area (Å²) in [6, 6.07) is 7.25. The van der Waals surface area contributed by atoms with Crippen LogP contribution in [0.5, 0.6) is 0 Å². The minimum absolute atomic E-state index is 0.652. The summed E-state index contributed by atoms with van der Waals surface area (Å²) in [4.78, 5) is 2.53. The van der Waals surface area contributed by atoms with Gasteiger partial charge in [0.1, 0.15) is 0 Å². The van der Waals surface area contributed by atoms with E-state index < -0.39 is 0 Å². The Kier molecular flexibility index (Phi) is 5.67.